The average molecular weight is 1090 g/mol. The molecule has 0 amide bonds. The Labute approximate surface area is 473 Å². The summed E-state index contributed by atoms with van der Waals surface area (Å²) in [6, 6.07) is 2.32. The maximum absolute atomic E-state index is 10.6. The molecule has 14 heterocycles. The van der Waals surface area contributed by atoms with Crippen molar-refractivity contribution in [2.24, 2.45) is 65.5 Å². The van der Waals surface area contributed by atoms with Gasteiger partial charge in [0.2, 0.25) is 0 Å². The Hall–Kier alpha value is -0.560. The van der Waals surface area contributed by atoms with E-state index in [1.54, 1.807) is 0 Å². The smallest absolute Gasteiger partial charge is 0.111 e. The number of hydrogen-bond acceptors (Lipinski definition) is 14. The number of hydrogen-bond donors (Lipinski definition) is 10. The Morgan fingerprint density at radius 2 is 0.937 bits per heavy atom. The summed E-state index contributed by atoms with van der Waals surface area (Å²) in [5.41, 5.74) is -0.236. The first-order valence-electron chi connectivity index (χ1n) is 34.6. The van der Waals surface area contributed by atoms with Gasteiger partial charge in [-0.1, -0.05) is 51.4 Å². The van der Waals surface area contributed by atoms with E-state index in [9.17, 15) is 4.74 Å². The highest BCUT2D eigenvalue weighted by atomic mass is 16.6. The lowest BCUT2D eigenvalue weighted by Crippen LogP contribution is -2.99. The molecule has 436 valence electrons. The van der Waals surface area contributed by atoms with E-state index in [4.69, 9.17) is 41.4 Å². The van der Waals surface area contributed by atoms with Gasteiger partial charge in [0.25, 0.3) is 0 Å². The van der Waals surface area contributed by atoms with E-state index in [0.29, 0.717) is 34.9 Å². The Bertz CT molecular complexity index is 2410. The molecular formula is C65H103N11O3. The summed E-state index contributed by atoms with van der Waals surface area (Å²) in [5, 5.41) is 45.6. The van der Waals surface area contributed by atoms with Crippen LogP contribution in [0.25, 0.3) is 0 Å². The highest BCUT2D eigenvalue weighted by Crippen LogP contribution is 2.89. The van der Waals surface area contributed by atoms with Crippen molar-refractivity contribution in [1.29, 1.82) is 0 Å². The first-order valence-corrected chi connectivity index (χ1v) is 34.6. The predicted octanol–water partition coefficient (Wildman–Crippen LogP) is 3.50. The average Bonchev–Trinajstić information content (AvgIpc) is 1.49. The van der Waals surface area contributed by atoms with Crippen molar-refractivity contribution >= 4 is 0 Å². The summed E-state index contributed by atoms with van der Waals surface area (Å²) in [5.74, 6) is 0.450. The molecule has 0 aromatic carbocycles. The van der Waals surface area contributed by atoms with Gasteiger partial charge < -0.3 is 67.4 Å². The summed E-state index contributed by atoms with van der Waals surface area (Å²) in [6.07, 6.45) is 32.5. The van der Waals surface area contributed by atoms with Gasteiger partial charge in [0.15, 0.2) is 0 Å². The number of nitrogens with zero attached hydrogens (tertiary/aromatic N) is 1. The molecule has 0 aromatic heterocycles. The van der Waals surface area contributed by atoms with Crippen molar-refractivity contribution in [3.8, 4) is 0 Å². The Balaban J connectivity index is 0.994. The fourth-order valence-corrected chi connectivity index (χ4v) is 28.3. The van der Waals surface area contributed by atoms with Gasteiger partial charge in [-0.25, -0.2) is 0 Å². The van der Waals surface area contributed by atoms with Gasteiger partial charge in [-0.2, -0.15) is 0 Å². The quantitative estimate of drug-likeness (QED) is 0.164. The van der Waals surface area contributed by atoms with Crippen molar-refractivity contribution in [2.45, 2.75) is 219 Å². The van der Waals surface area contributed by atoms with Gasteiger partial charge in [0, 0.05) is 164 Å². The van der Waals surface area contributed by atoms with Gasteiger partial charge in [-0.15, -0.1) is 0 Å². The maximum atomic E-state index is 10.6. The second-order valence-corrected chi connectivity index (χ2v) is 33.9. The molecule has 14 nitrogen and oxygen atoms in total. The first-order chi connectivity index (χ1) is 38.7. The van der Waals surface area contributed by atoms with Crippen LogP contribution in [0.3, 0.4) is 0 Å². The van der Waals surface area contributed by atoms with Crippen LogP contribution in [0.15, 0.2) is 0 Å². The van der Waals surface area contributed by atoms with Gasteiger partial charge in [0.1, 0.15) is 5.60 Å². The molecule has 6 aliphatic carbocycles. The second kappa shape index (κ2) is 15.9. The lowest BCUT2D eigenvalue weighted by molar-refractivity contribution is -0.359. The summed E-state index contributed by atoms with van der Waals surface area (Å²) in [4.78, 5) is 3.60. The molecule has 17 atom stereocenters. The topological polar surface area (TPSA) is 151 Å². The predicted molar refractivity (Wildman–Crippen MR) is 304 cm³/mol. The molecule has 0 aromatic rings. The summed E-state index contributed by atoms with van der Waals surface area (Å²) in [7, 11) is 0. The molecule has 14 heteroatoms. The van der Waals surface area contributed by atoms with E-state index >= 15 is 0 Å². The molecule has 6 saturated carbocycles. The molecule has 0 radical (unpaired) electrons. The summed E-state index contributed by atoms with van der Waals surface area (Å²) < 4.78 is 26.0. The van der Waals surface area contributed by atoms with Crippen LogP contribution in [0.4, 0.5) is 0 Å². The lowest BCUT2D eigenvalue weighted by atomic mass is 9.26. The first kappa shape index (κ1) is 49.5. The SMILES string of the molecule is C1CCC2(CC1)CNC2C1(C2NCC23CCC3)N(C2CC23CCNC3)CCC12C(C1CCC13CCNC3)(C1NCCC13CCCC3)OC(C1NCC13CCCC3)(C1NCC13CCOC3)C2(C1NCC12CNC2)C1OCC12CNC2. The third-order valence-corrected chi connectivity index (χ3v) is 32.0. The van der Waals surface area contributed by atoms with Crippen molar-refractivity contribution in [3.63, 3.8) is 0 Å². The van der Waals surface area contributed by atoms with Gasteiger partial charge in [-0.3, -0.25) is 4.90 Å². The van der Waals surface area contributed by atoms with Crippen molar-refractivity contribution in [3.05, 3.63) is 0 Å². The normalized spacial score (nSPS) is 56.4. The third-order valence-electron chi connectivity index (χ3n) is 32.0. The lowest BCUT2D eigenvalue weighted by Gasteiger charge is -2.83. The number of ether oxygens (including phenoxy) is 3. The van der Waals surface area contributed by atoms with Crippen LogP contribution >= 0.6 is 0 Å². The Morgan fingerprint density at radius 1 is 0.380 bits per heavy atom. The zero-order valence-electron chi connectivity index (χ0n) is 48.6. The molecule has 79 heavy (non-hydrogen) atoms. The fraction of sp³-hybridized carbons (Fsp3) is 1.00. The molecule has 20 fully saturated rings. The van der Waals surface area contributed by atoms with Crippen LogP contribution in [0.1, 0.15) is 154 Å². The Kier molecular flexibility index (Phi) is 10.0. The largest absolute Gasteiger partial charge is 0.381 e. The second-order valence-electron chi connectivity index (χ2n) is 33.9. The molecule has 20 rings (SSSR count). The molecule has 14 saturated heterocycles. The van der Waals surface area contributed by atoms with E-state index in [1.165, 1.54) is 187 Å². The van der Waals surface area contributed by atoms with Crippen molar-refractivity contribution in [1.82, 2.24) is 58.1 Å². The molecule has 10 N–H and O–H groups in total. The molecule has 14 aliphatic heterocycles. The number of likely N-dealkylation sites (tertiary alicyclic amines) is 1. The number of nitrogens with one attached hydrogen (secondary N) is 10. The zero-order valence-corrected chi connectivity index (χ0v) is 48.6. The molecule has 20 aliphatic rings. The highest BCUT2D eigenvalue weighted by Gasteiger charge is 3.01. The standard InChI is InChI=1S/C65H103N11O3/c1-2-12-54(13-3-1)36-72-46(54)63(47-55(37-73-47)16-8-17-55)61(22-27-76(63)44-29-57(44)20-25-67-31-57)62(45-59(40-71-45)32-68-33-59,51-60(42-78-51)34-69-35-60)65(49-56(38-74-49)14-6-7-15-56,50-58(39-75-50)23-28-77-41-58)79-64(61,43-9-18-53(43)19-24-66-30-53)48-52(21-26-70-48)10-4-5-11-52/h43-51,66-75H,1-42H2. The fourth-order valence-electron chi connectivity index (χ4n) is 28.3. The van der Waals surface area contributed by atoms with Crippen molar-refractivity contribution < 1.29 is 14.2 Å². The number of rotatable bonds is 9. The van der Waals surface area contributed by atoms with Crippen LogP contribution in [0.5, 0.6) is 0 Å². The van der Waals surface area contributed by atoms with Gasteiger partial charge in [-0.05, 0) is 146 Å². The molecule has 17 unspecified atom stereocenters. The third kappa shape index (κ3) is 5.22. The van der Waals surface area contributed by atoms with E-state index in [0.717, 1.165) is 85.1 Å². The molecular weight excluding hydrogens is 983 g/mol. The van der Waals surface area contributed by atoms with Crippen molar-refractivity contribution in [2.75, 3.05) is 118 Å². The Morgan fingerprint density at radius 3 is 1.43 bits per heavy atom. The van der Waals surface area contributed by atoms with E-state index in [-0.39, 0.29) is 79.1 Å². The van der Waals surface area contributed by atoms with Crippen LogP contribution in [0.2, 0.25) is 0 Å². The minimum atomic E-state index is -0.583. The maximum Gasteiger partial charge on any atom is 0.111 e. The zero-order chi connectivity index (χ0) is 51.7. The monoisotopic (exact) mass is 1090 g/mol. The van der Waals surface area contributed by atoms with E-state index in [1.807, 2.05) is 0 Å². The van der Waals surface area contributed by atoms with E-state index in [2.05, 4.69) is 26.2 Å². The highest BCUT2D eigenvalue weighted by molar-refractivity contribution is 5.53. The van der Waals surface area contributed by atoms with Crippen LogP contribution < -0.4 is 53.2 Å². The van der Waals surface area contributed by atoms with Gasteiger partial charge >= 0.3 is 0 Å². The molecule has 10 spiro atoms. The summed E-state index contributed by atoms with van der Waals surface area (Å²) in [6.45, 7) is 19.8. The van der Waals surface area contributed by atoms with Crippen LogP contribution in [-0.2, 0) is 14.2 Å². The summed E-state index contributed by atoms with van der Waals surface area (Å²) >= 11 is 0. The minimum absolute atomic E-state index is 0.0176. The van der Waals surface area contributed by atoms with Crippen LogP contribution in [0, 0.1) is 65.5 Å². The van der Waals surface area contributed by atoms with E-state index < -0.39 is 16.6 Å². The molecule has 0 bridgehead atoms. The minimum Gasteiger partial charge on any atom is -0.381 e. The van der Waals surface area contributed by atoms with Gasteiger partial charge in [0.05, 0.1) is 35.9 Å². The van der Waals surface area contributed by atoms with Crippen LogP contribution in [-0.4, -0.2) is 188 Å².